The normalized spacial score (nSPS) is 10.5. The first-order valence-corrected chi connectivity index (χ1v) is 10.0. The predicted molar refractivity (Wildman–Crippen MR) is 113 cm³/mol. The summed E-state index contributed by atoms with van der Waals surface area (Å²) in [6.07, 6.45) is 3.37. The fourth-order valence-electron chi connectivity index (χ4n) is 2.64. The molecular weight excluding hydrogens is 386 g/mol. The first-order chi connectivity index (χ1) is 14.2. The molecular formula is C22H17N3O3S. The number of nitrogens with zero attached hydrogens (tertiary/aromatic N) is 2. The topological polar surface area (TPSA) is 77.3 Å². The van der Waals surface area contributed by atoms with Crippen LogP contribution in [0.1, 0.15) is 10.6 Å². The van der Waals surface area contributed by atoms with Gasteiger partial charge < -0.3 is 14.5 Å². The summed E-state index contributed by atoms with van der Waals surface area (Å²) in [5, 5.41) is 3.95. The zero-order valence-corrected chi connectivity index (χ0v) is 16.3. The number of furan rings is 1. The van der Waals surface area contributed by atoms with Gasteiger partial charge in [0.1, 0.15) is 11.6 Å². The number of nitrogens with one attached hydrogen (secondary N) is 1. The van der Waals surface area contributed by atoms with Crippen molar-refractivity contribution in [1.29, 1.82) is 0 Å². The van der Waals surface area contributed by atoms with E-state index >= 15 is 0 Å². The van der Waals surface area contributed by atoms with Crippen molar-refractivity contribution in [2.24, 2.45) is 0 Å². The molecule has 0 atom stereocenters. The average Bonchev–Trinajstić information content (AvgIpc) is 3.31. The number of carbonyl (C=O) groups excluding carboxylic acids is 1. The highest BCUT2D eigenvalue weighted by molar-refractivity contribution is 7.98. The number of ether oxygens (including phenoxy) is 1. The van der Waals surface area contributed by atoms with E-state index in [1.165, 1.54) is 18.0 Å². The number of benzene rings is 2. The van der Waals surface area contributed by atoms with E-state index in [4.69, 9.17) is 9.15 Å². The second-order valence-electron chi connectivity index (χ2n) is 6.01. The zero-order chi connectivity index (χ0) is 20.1. The highest BCUT2D eigenvalue weighted by Gasteiger charge is 2.11. The van der Waals surface area contributed by atoms with Crippen LogP contribution in [-0.2, 0) is 0 Å². The van der Waals surface area contributed by atoms with Gasteiger partial charge >= 0.3 is 5.97 Å². The van der Waals surface area contributed by atoms with Crippen molar-refractivity contribution in [2.75, 3.05) is 11.6 Å². The molecule has 2 heterocycles. The van der Waals surface area contributed by atoms with Gasteiger partial charge in [0.05, 0.1) is 12.0 Å². The van der Waals surface area contributed by atoms with Crippen LogP contribution in [0.15, 0.2) is 88.6 Å². The summed E-state index contributed by atoms with van der Waals surface area (Å²) in [5.74, 6) is 0.729. The molecule has 0 spiro atoms. The minimum absolute atomic E-state index is 0.159. The number of aromatic nitrogens is 2. The van der Waals surface area contributed by atoms with Crippen molar-refractivity contribution in [3.8, 4) is 17.0 Å². The average molecular weight is 403 g/mol. The molecule has 2 aromatic carbocycles. The van der Waals surface area contributed by atoms with E-state index in [9.17, 15) is 4.79 Å². The Balaban J connectivity index is 1.51. The number of carbonyl (C=O) groups is 1. The first-order valence-electron chi connectivity index (χ1n) is 8.82. The molecule has 1 N–H and O–H groups in total. The molecule has 0 radical (unpaired) electrons. The summed E-state index contributed by atoms with van der Waals surface area (Å²) in [4.78, 5) is 21.0. The van der Waals surface area contributed by atoms with Gasteiger partial charge in [-0.3, -0.25) is 0 Å². The van der Waals surface area contributed by atoms with E-state index in [0.29, 0.717) is 16.7 Å². The molecule has 0 unspecified atom stereocenters. The minimum atomic E-state index is -0.538. The van der Waals surface area contributed by atoms with Crippen LogP contribution in [0, 0.1) is 0 Å². The van der Waals surface area contributed by atoms with Gasteiger partial charge in [0.2, 0.25) is 5.76 Å². The lowest BCUT2D eigenvalue weighted by Gasteiger charge is -2.10. The Morgan fingerprint density at radius 2 is 1.79 bits per heavy atom. The van der Waals surface area contributed by atoms with Crippen LogP contribution in [-0.4, -0.2) is 22.2 Å². The fraction of sp³-hybridized carbons (Fsp3) is 0.0455. The summed E-state index contributed by atoms with van der Waals surface area (Å²) in [6, 6.07) is 22.1. The Morgan fingerprint density at radius 3 is 2.48 bits per heavy atom. The molecule has 0 aliphatic heterocycles. The van der Waals surface area contributed by atoms with Crippen molar-refractivity contribution >= 4 is 29.2 Å². The molecule has 0 aliphatic carbocycles. The molecule has 0 saturated heterocycles. The van der Waals surface area contributed by atoms with Gasteiger partial charge in [-0.2, -0.15) is 0 Å². The van der Waals surface area contributed by atoms with Crippen molar-refractivity contribution in [1.82, 2.24) is 9.97 Å². The summed E-state index contributed by atoms with van der Waals surface area (Å²) >= 11 is 1.48. The number of hydrogen-bond acceptors (Lipinski definition) is 7. The van der Waals surface area contributed by atoms with E-state index in [1.807, 2.05) is 54.8 Å². The van der Waals surface area contributed by atoms with Gasteiger partial charge in [0.15, 0.2) is 5.16 Å². The third kappa shape index (κ3) is 4.64. The molecule has 0 aliphatic rings. The second-order valence-corrected chi connectivity index (χ2v) is 6.78. The van der Waals surface area contributed by atoms with Crippen LogP contribution in [0.3, 0.4) is 0 Å². The summed E-state index contributed by atoms with van der Waals surface area (Å²) in [5.41, 5.74) is 2.68. The SMILES string of the molecule is CSc1nc(Nc2ccc(OC(=O)c3ccco3)cc2)cc(-c2ccccc2)n1. The van der Waals surface area contributed by atoms with E-state index in [1.54, 1.807) is 24.3 Å². The molecule has 0 amide bonds. The maximum Gasteiger partial charge on any atom is 0.379 e. The number of hydrogen-bond donors (Lipinski definition) is 1. The van der Waals surface area contributed by atoms with Crippen LogP contribution < -0.4 is 10.1 Å². The summed E-state index contributed by atoms with van der Waals surface area (Å²) < 4.78 is 10.3. The first kappa shape index (κ1) is 18.8. The maximum absolute atomic E-state index is 11.9. The third-order valence-electron chi connectivity index (χ3n) is 4.02. The lowest BCUT2D eigenvalue weighted by Crippen LogP contribution is -2.07. The van der Waals surface area contributed by atoms with E-state index in [-0.39, 0.29) is 5.76 Å². The van der Waals surface area contributed by atoms with Gasteiger partial charge in [-0.15, -0.1) is 0 Å². The molecule has 4 rings (SSSR count). The van der Waals surface area contributed by atoms with Crippen LogP contribution in [0.2, 0.25) is 0 Å². The molecule has 0 bridgehead atoms. The van der Waals surface area contributed by atoms with Crippen molar-refractivity contribution < 1.29 is 13.9 Å². The highest BCUT2D eigenvalue weighted by atomic mass is 32.2. The van der Waals surface area contributed by atoms with Gasteiger partial charge in [-0.05, 0) is 42.7 Å². The Hall–Kier alpha value is -3.58. The van der Waals surface area contributed by atoms with Gasteiger partial charge in [-0.25, -0.2) is 14.8 Å². The van der Waals surface area contributed by atoms with Gasteiger partial charge in [0.25, 0.3) is 0 Å². The zero-order valence-electron chi connectivity index (χ0n) is 15.5. The number of esters is 1. The molecule has 29 heavy (non-hydrogen) atoms. The lowest BCUT2D eigenvalue weighted by atomic mass is 10.1. The molecule has 7 heteroatoms. The van der Waals surface area contributed by atoms with Crippen molar-refractivity contribution in [3.63, 3.8) is 0 Å². The van der Waals surface area contributed by atoms with E-state index in [2.05, 4.69) is 15.3 Å². The Morgan fingerprint density at radius 1 is 1.00 bits per heavy atom. The number of thioether (sulfide) groups is 1. The standard InChI is InChI=1S/C22H17N3O3S/c1-29-22-24-18(15-6-3-2-4-7-15)14-20(25-22)23-16-9-11-17(12-10-16)28-21(26)19-8-5-13-27-19/h2-14H,1H3,(H,23,24,25). The van der Waals surface area contributed by atoms with Crippen LogP contribution in [0.25, 0.3) is 11.3 Å². The number of rotatable bonds is 6. The fourth-order valence-corrected chi connectivity index (χ4v) is 3.02. The van der Waals surface area contributed by atoms with Crippen LogP contribution in [0.5, 0.6) is 5.75 Å². The largest absolute Gasteiger partial charge is 0.457 e. The minimum Gasteiger partial charge on any atom is -0.457 e. The van der Waals surface area contributed by atoms with E-state index in [0.717, 1.165) is 16.9 Å². The van der Waals surface area contributed by atoms with Crippen molar-refractivity contribution in [3.05, 3.63) is 84.8 Å². The van der Waals surface area contributed by atoms with Gasteiger partial charge in [-0.1, -0.05) is 42.1 Å². The van der Waals surface area contributed by atoms with Gasteiger partial charge in [0, 0.05) is 17.3 Å². The van der Waals surface area contributed by atoms with Crippen LogP contribution in [0.4, 0.5) is 11.5 Å². The van der Waals surface area contributed by atoms with Crippen molar-refractivity contribution in [2.45, 2.75) is 5.16 Å². The molecule has 6 nitrogen and oxygen atoms in total. The number of anilines is 2. The Kier molecular flexibility index (Phi) is 5.58. The highest BCUT2D eigenvalue weighted by Crippen LogP contribution is 2.25. The maximum atomic E-state index is 11.9. The third-order valence-corrected chi connectivity index (χ3v) is 4.57. The molecule has 144 valence electrons. The Bertz CT molecular complexity index is 1100. The lowest BCUT2D eigenvalue weighted by molar-refractivity contribution is 0.0701. The van der Waals surface area contributed by atoms with Crippen LogP contribution >= 0.6 is 11.8 Å². The molecule has 4 aromatic rings. The van der Waals surface area contributed by atoms with E-state index < -0.39 is 5.97 Å². The molecule has 2 aromatic heterocycles. The monoisotopic (exact) mass is 403 g/mol. The Labute approximate surface area is 172 Å². The summed E-state index contributed by atoms with van der Waals surface area (Å²) in [6.45, 7) is 0. The predicted octanol–water partition coefficient (Wildman–Crippen LogP) is 5.42. The second kappa shape index (κ2) is 8.62. The molecule has 0 fully saturated rings. The smallest absolute Gasteiger partial charge is 0.379 e. The summed E-state index contributed by atoms with van der Waals surface area (Å²) in [7, 11) is 0. The molecule has 0 saturated carbocycles. The quantitative estimate of drug-likeness (QED) is 0.199.